The van der Waals surface area contributed by atoms with Crippen LogP contribution in [0.5, 0.6) is 0 Å². The van der Waals surface area contributed by atoms with Crippen LogP contribution in [0.25, 0.3) is 0 Å². The van der Waals surface area contributed by atoms with Gasteiger partial charge in [-0.2, -0.15) is 0 Å². The maximum absolute atomic E-state index is 11.7. The summed E-state index contributed by atoms with van der Waals surface area (Å²) in [5.74, 6) is 0. The van der Waals surface area contributed by atoms with Crippen LogP contribution in [0.15, 0.2) is 15.8 Å². The van der Waals surface area contributed by atoms with Gasteiger partial charge < -0.3 is 14.9 Å². The number of nitrogens with one attached hydrogen (secondary N) is 1. The van der Waals surface area contributed by atoms with Crippen molar-refractivity contribution in [3.63, 3.8) is 0 Å². The van der Waals surface area contributed by atoms with Gasteiger partial charge in [0.15, 0.2) is 11.9 Å². The molecule has 2 heterocycles. The van der Waals surface area contributed by atoms with Crippen molar-refractivity contribution in [1.29, 1.82) is 0 Å². The first kappa shape index (κ1) is 13.7. The highest BCUT2D eigenvalue weighted by Crippen LogP contribution is 2.34. The molecule has 0 aromatic carbocycles. The number of aromatic amines is 1. The van der Waals surface area contributed by atoms with Crippen LogP contribution in [0.3, 0.4) is 0 Å². The minimum atomic E-state index is -1.73. The molecule has 1 fully saturated rings. The van der Waals surface area contributed by atoms with Crippen molar-refractivity contribution in [2.45, 2.75) is 31.3 Å². The van der Waals surface area contributed by atoms with Crippen molar-refractivity contribution >= 4 is 6.29 Å². The van der Waals surface area contributed by atoms with E-state index in [1.54, 1.807) is 0 Å². The molecule has 2 rings (SSSR count). The Hall–Kier alpha value is -1.77. The molecule has 0 unspecified atom stereocenters. The molecule has 1 aliphatic rings. The summed E-state index contributed by atoms with van der Waals surface area (Å²) in [6.07, 6.45) is -0.572. The number of hydrogen-bond donors (Lipinski definition) is 3. The van der Waals surface area contributed by atoms with Gasteiger partial charge in [0.2, 0.25) is 0 Å². The maximum Gasteiger partial charge on any atom is 0.330 e. The Morgan fingerprint density at radius 3 is 2.84 bits per heavy atom. The first-order chi connectivity index (χ1) is 8.93. The van der Waals surface area contributed by atoms with Gasteiger partial charge in [0, 0.05) is 18.2 Å². The van der Waals surface area contributed by atoms with E-state index in [1.807, 2.05) is 0 Å². The first-order valence-electron chi connectivity index (χ1n) is 5.68. The Morgan fingerprint density at radius 1 is 1.63 bits per heavy atom. The number of aromatic nitrogens is 2. The zero-order valence-electron chi connectivity index (χ0n) is 10.2. The van der Waals surface area contributed by atoms with Crippen molar-refractivity contribution in [2.24, 2.45) is 0 Å². The van der Waals surface area contributed by atoms with Gasteiger partial charge in [-0.25, -0.2) is 4.79 Å². The number of H-pyrrole nitrogens is 1. The number of aliphatic hydroxyl groups excluding tert-OH is 2. The van der Waals surface area contributed by atoms with Gasteiger partial charge in [-0.1, -0.05) is 0 Å². The summed E-state index contributed by atoms with van der Waals surface area (Å²) in [6, 6.07) is 0. The number of carbonyl (C=O) groups is 1. The highest BCUT2D eigenvalue weighted by Gasteiger charge is 2.48. The smallest absolute Gasteiger partial charge is 0.330 e. The minimum absolute atomic E-state index is 0.0370. The van der Waals surface area contributed by atoms with Crippen molar-refractivity contribution in [2.75, 3.05) is 6.61 Å². The summed E-state index contributed by atoms with van der Waals surface area (Å²) in [5.41, 5.74) is -2.64. The van der Waals surface area contributed by atoms with Crippen LogP contribution < -0.4 is 11.2 Å². The monoisotopic (exact) mass is 270 g/mol. The predicted octanol–water partition coefficient (Wildman–Crippen LogP) is -1.95. The van der Waals surface area contributed by atoms with Crippen molar-refractivity contribution in [1.82, 2.24) is 9.55 Å². The van der Waals surface area contributed by atoms with E-state index in [0.29, 0.717) is 11.8 Å². The lowest BCUT2D eigenvalue weighted by atomic mass is 10.00. The molecule has 8 nitrogen and oxygen atoms in total. The van der Waals surface area contributed by atoms with E-state index in [4.69, 9.17) is 9.84 Å². The van der Waals surface area contributed by atoms with E-state index in [2.05, 4.69) is 4.98 Å². The second-order valence-corrected chi connectivity index (χ2v) is 4.53. The standard InChI is InChI=1S/C11H14N2O6/c1-6-3-13(10(18)12-9(6)17)8-2-7(16)11(4-14,5-15)19-8/h3-4,7-8,15-16H,2,5H2,1H3,(H,12,17,18)/t7-,8+,11+/m0/s1. The second kappa shape index (κ2) is 4.72. The molecular weight excluding hydrogens is 256 g/mol. The molecular formula is C11H14N2O6. The van der Waals surface area contributed by atoms with Crippen LogP contribution in [-0.4, -0.2) is 44.4 Å². The zero-order chi connectivity index (χ0) is 14.2. The lowest BCUT2D eigenvalue weighted by Gasteiger charge is -2.23. The van der Waals surface area contributed by atoms with Crippen LogP contribution in [0.2, 0.25) is 0 Å². The fourth-order valence-electron chi connectivity index (χ4n) is 2.03. The van der Waals surface area contributed by atoms with E-state index in [-0.39, 0.29) is 6.42 Å². The van der Waals surface area contributed by atoms with Crippen LogP contribution in [0.4, 0.5) is 0 Å². The summed E-state index contributed by atoms with van der Waals surface area (Å²) in [5, 5.41) is 18.9. The van der Waals surface area contributed by atoms with E-state index in [0.717, 1.165) is 4.57 Å². The molecule has 1 saturated heterocycles. The summed E-state index contributed by atoms with van der Waals surface area (Å²) < 4.78 is 6.38. The molecule has 0 aliphatic carbocycles. The first-order valence-corrected chi connectivity index (χ1v) is 5.68. The van der Waals surface area contributed by atoms with Gasteiger partial charge in [-0.05, 0) is 6.92 Å². The largest absolute Gasteiger partial charge is 0.393 e. The summed E-state index contributed by atoms with van der Waals surface area (Å²) >= 11 is 0. The zero-order valence-corrected chi connectivity index (χ0v) is 10.2. The molecule has 0 saturated carbocycles. The fourth-order valence-corrected chi connectivity index (χ4v) is 2.03. The van der Waals surface area contributed by atoms with Crippen LogP contribution in [-0.2, 0) is 9.53 Å². The van der Waals surface area contributed by atoms with Crippen molar-refractivity contribution in [3.8, 4) is 0 Å². The fraction of sp³-hybridized carbons (Fsp3) is 0.545. The van der Waals surface area contributed by atoms with E-state index < -0.39 is 35.8 Å². The molecule has 19 heavy (non-hydrogen) atoms. The molecule has 0 bridgehead atoms. The van der Waals surface area contributed by atoms with Crippen molar-refractivity contribution in [3.05, 3.63) is 32.6 Å². The van der Waals surface area contributed by atoms with Gasteiger partial charge in [0.1, 0.15) is 6.23 Å². The normalized spacial score (nSPS) is 30.5. The maximum atomic E-state index is 11.7. The number of aldehydes is 1. The van der Waals surface area contributed by atoms with E-state index in [1.165, 1.54) is 13.1 Å². The molecule has 104 valence electrons. The van der Waals surface area contributed by atoms with Crippen LogP contribution in [0, 0.1) is 6.92 Å². The number of ether oxygens (including phenoxy) is 1. The highest BCUT2D eigenvalue weighted by atomic mass is 16.6. The topological polar surface area (TPSA) is 122 Å². The molecule has 0 amide bonds. The van der Waals surface area contributed by atoms with Crippen LogP contribution in [0.1, 0.15) is 18.2 Å². The number of aryl methyl sites for hydroxylation is 1. The SMILES string of the molecule is Cc1cn([C@H]2C[C@H](O)[C@@](C=O)(CO)O2)c(=O)[nH]c1=O. The van der Waals surface area contributed by atoms with E-state index >= 15 is 0 Å². The van der Waals surface area contributed by atoms with Gasteiger partial charge in [0.05, 0.1) is 12.7 Å². The molecule has 0 radical (unpaired) electrons. The third-order valence-corrected chi connectivity index (χ3v) is 3.25. The highest BCUT2D eigenvalue weighted by molar-refractivity contribution is 5.64. The third kappa shape index (κ3) is 2.14. The lowest BCUT2D eigenvalue weighted by molar-refractivity contribution is -0.151. The molecule has 1 aromatic heterocycles. The Bertz CT molecular complexity index is 606. The number of carbonyl (C=O) groups excluding carboxylic acids is 1. The molecule has 0 spiro atoms. The summed E-state index contributed by atoms with van der Waals surface area (Å²) in [6.45, 7) is 0.824. The summed E-state index contributed by atoms with van der Waals surface area (Å²) in [7, 11) is 0. The number of aliphatic hydroxyl groups is 2. The predicted molar refractivity (Wildman–Crippen MR) is 62.7 cm³/mol. The van der Waals surface area contributed by atoms with E-state index in [9.17, 15) is 19.5 Å². The lowest BCUT2D eigenvalue weighted by Crippen LogP contribution is -2.45. The molecule has 8 heteroatoms. The van der Waals surface area contributed by atoms with Gasteiger partial charge in [-0.3, -0.25) is 19.1 Å². The van der Waals surface area contributed by atoms with Crippen LogP contribution >= 0.6 is 0 Å². The Kier molecular flexibility index (Phi) is 3.40. The number of nitrogens with zero attached hydrogens (tertiary/aromatic N) is 1. The van der Waals surface area contributed by atoms with Gasteiger partial charge >= 0.3 is 5.69 Å². The quantitative estimate of drug-likeness (QED) is 0.549. The van der Waals surface area contributed by atoms with Gasteiger partial charge in [0.25, 0.3) is 5.56 Å². The molecule has 3 atom stereocenters. The van der Waals surface area contributed by atoms with Gasteiger partial charge in [-0.15, -0.1) is 0 Å². The Morgan fingerprint density at radius 2 is 2.32 bits per heavy atom. The molecule has 1 aliphatic heterocycles. The molecule has 1 aromatic rings. The molecule has 3 N–H and O–H groups in total. The van der Waals surface area contributed by atoms with Crippen molar-refractivity contribution < 1.29 is 19.7 Å². The summed E-state index contributed by atoms with van der Waals surface area (Å²) in [4.78, 5) is 36.0. The second-order valence-electron chi connectivity index (χ2n) is 4.53. The Labute approximate surface area is 107 Å². The Balaban J connectivity index is 2.41. The number of rotatable bonds is 3. The minimum Gasteiger partial charge on any atom is -0.393 e. The average Bonchev–Trinajstić information content (AvgIpc) is 2.71. The average molecular weight is 270 g/mol. The third-order valence-electron chi connectivity index (χ3n) is 3.25. The number of hydrogen-bond acceptors (Lipinski definition) is 6.